The molecular weight excluding hydrogens is 242 g/mol. The minimum absolute atomic E-state index is 0.384. The first-order chi connectivity index (χ1) is 9.56. The van der Waals surface area contributed by atoms with Crippen molar-refractivity contribution in [2.75, 3.05) is 0 Å². The Morgan fingerprint density at radius 1 is 0.950 bits per heavy atom. The summed E-state index contributed by atoms with van der Waals surface area (Å²) in [6.07, 6.45) is 1.07. The fourth-order valence-electron chi connectivity index (χ4n) is 2.85. The van der Waals surface area contributed by atoms with Crippen LogP contribution in [0, 0.1) is 13.8 Å². The fourth-order valence-corrected chi connectivity index (χ4v) is 2.85. The number of benzene rings is 2. The largest absolute Gasteiger partial charge is 0.307 e. The standard InChI is InChI=1S/C19H25N/c1-14-10-11-19(15(2)12-14)17(4)20-16(3)13-18-8-6-5-7-9-18/h5-12,16-17,20H,13H2,1-4H3. The third kappa shape index (κ3) is 3.94. The van der Waals surface area contributed by atoms with Crippen LogP contribution in [0.3, 0.4) is 0 Å². The van der Waals surface area contributed by atoms with E-state index >= 15 is 0 Å². The Hall–Kier alpha value is -1.60. The smallest absolute Gasteiger partial charge is 0.0296 e. The second kappa shape index (κ2) is 6.71. The van der Waals surface area contributed by atoms with Gasteiger partial charge in [-0.25, -0.2) is 0 Å². The van der Waals surface area contributed by atoms with Gasteiger partial charge in [0.15, 0.2) is 0 Å². The van der Waals surface area contributed by atoms with E-state index < -0.39 is 0 Å². The van der Waals surface area contributed by atoms with E-state index in [1.807, 2.05) is 0 Å². The van der Waals surface area contributed by atoms with Gasteiger partial charge in [0.25, 0.3) is 0 Å². The lowest BCUT2D eigenvalue weighted by Gasteiger charge is -2.22. The van der Waals surface area contributed by atoms with E-state index in [1.165, 1.54) is 22.3 Å². The number of hydrogen-bond donors (Lipinski definition) is 1. The molecule has 0 aromatic heterocycles. The Bertz CT molecular complexity index is 545. The molecule has 0 amide bonds. The van der Waals surface area contributed by atoms with Gasteiger partial charge in [0, 0.05) is 12.1 Å². The third-order valence-electron chi connectivity index (χ3n) is 3.81. The van der Waals surface area contributed by atoms with E-state index in [1.54, 1.807) is 0 Å². The van der Waals surface area contributed by atoms with Crippen LogP contribution in [0.4, 0.5) is 0 Å². The molecule has 2 aromatic rings. The third-order valence-corrected chi connectivity index (χ3v) is 3.81. The summed E-state index contributed by atoms with van der Waals surface area (Å²) in [6, 6.07) is 18.2. The van der Waals surface area contributed by atoms with E-state index in [0.29, 0.717) is 12.1 Å². The Morgan fingerprint density at radius 3 is 2.30 bits per heavy atom. The lowest BCUT2D eigenvalue weighted by atomic mass is 9.99. The Kier molecular flexibility index (Phi) is 4.97. The van der Waals surface area contributed by atoms with Crippen molar-refractivity contribution >= 4 is 0 Å². The van der Waals surface area contributed by atoms with Crippen molar-refractivity contribution in [2.24, 2.45) is 0 Å². The van der Waals surface area contributed by atoms with Crippen LogP contribution in [-0.2, 0) is 6.42 Å². The van der Waals surface area contributed by atoms with Gasteiger partial charge in [0.1, 0.15) is 0 Å². The summed E-state index contributed by atoms with van der Waals surface area (Å²) >= 11 is 0. The van der Waals surface area contributed by atoms with Crippen LogP contribution in [0.1, 0.15) is 42.1 Å². The van der Waals surface area contributed by atoms with Crippen LogP contribution < -0.4 is 5.32 Å². The van der Waals surface area contributed by atoms with Gasteiger partial charge >= 0.3 is 0 Å². The first-order valence-corrected chi connectivity index (χ1v) is 7.43. The lowest BCUT2D eigenvalue weighted by molar-refractivity contribution is 0.476. The number of aryl methyl sites for hydroxylation is 2. The van der Waals surface area contributed by atoms with Crippen molar-refractivity contribution in [3.05, 3.63) is 70.8 Å². The zero-order valence-electron chi connectivity index (χ0n) is 13.0. The molecule has 0 aliphatic heterocycles. The Morgan fingerprint density at radius 2 is 1.65 bits per heavy atom. The SMILES string of the molecule is Cc1ccc(C(C)NC(C)Cc2ccccc2)c(C)c1. The molecule has 2 aromatic carbocycles. The molecule has 1 heteroatoms. The summed E-state index contributed by atoms with van der Waals surface area (Å²) < 4.78 is 0. The van der Waals surface area contributed by atoms with E-state index in [-0.39, 0.29) is 0 Å². The van der Waals surface area contributed by atoms with E-state index in [9.17, 15) is 0 Å². The summed E-state index contributed by atoms with van der Waals surface area (Å²) in [5.41, 5.74) is 5.49. The second-order valence-corrected chi connectivity index (χ2v) is 5.84. The molecule has 2 unspecified atom stereocenters. The Labute approximate surface area is 123 Å². The first-order valence-electron chi connectivity index (χ1n) is 7.43. The molecule has 0 aliphatic rings. The predicted molar refractivity (Wildman–Crippen MR) is 87.1 cm³/mol. The van der Waals surface area contributed by atoms with Crippen molar-refractivity contribution in [3.8, 4) is 0 Å². The van der Waals surface area contributed by atoms with E-state index in [4.69, 9.17) is 0 Å². The molecule has 0 radical (unpaired) electrons. The van der Waals surface area contributed by atoms with Crippen molar-refractivity contribution in [3.63, 3.8) is 0 Å². The highest BCUT2D eigenvalue weighted by molar-refractivity contribution is 5.32. The quantitative estimate of drug-likeness (QED) is 0.835. The summed E-state index contributed by atoms with van der Waals surface area (Å²) in [4.78, 5) is 0. The van der Waals surface area contributed by atoms with Gasteiger partial charge in [-0.2, -0.15) is 0 Å². The van der Waals surface area contributed by atoms with Gasteiger partial charge in [0.05, 0.1) is 0 Å². The van der Waals surface area contributed by atoms with Gasteiger partial charge in [-0.15, -0.1) is 0 Å². The maximum Gasteiger partial charge on any atom is 0.0296 e. The highest BCUT2D eigenvalue weighted by Crippen LogP contribution is 2.19. The molecule has 0 saturated heterocycles. The molecule has 106 valence electrons. The zero-order chi connectivity index (χ0) is 14.5. The van der Waals surface area contributed by atoms with Gasteiger partial charge < -0.3 is 5.32 Å². The summed E-state index contributed by atoms with van der Waals surface area (Å²) in [7, 11) is 0. The molecule has 0 saturated carbocycles. The highest BCUT2D eigenvalue weighted by Gasteiger charge is 2.11. The monoisotopic (exact) mass is 267 g/mol. The van der Waals surface area contributed by atoms with Gasteiger partial charge in [-0.1, -0.05) is 54.1 Å². The molecule has 2 atom stereocenters. The van der Waals surface area contributed by atoms with Crippen molar-refractivity contribution in [1.29, 1.82) is 0 Å². The molecule has 20 heavy (non-hydrogen) atoms. The average Bonchev–Trinajstić information content (AvgIpc) is 2.39. The van der Waals surface area contributed by atoms with E-state index in [0.717, 1.165) is 6.42 Å². The number of rotatable bonds is 5. The predicted octanol–water partition coefficient (Wildman–Crippen LogP) is 4.59. The van der Waals surface area contributed by atoms with Gasteiger partial charge in [0.2, 0.25) is 0 Å². The average molecular weight is 267 g/mol. The summed E-state index contributed by atoms with van der Waals surface area (Å²) in [5, 5.41) is 3.70. The molecular formula is C19H25N. The van der Waals surface area contributed by atoms with Crippen LogP contribution in [0.25, 0.3) is 0 Å². The maximum absolute atomic E-state index is 3.70. The minimum Gasteiger partial charge on any atom is -0.307 e. The van der Waals surface area contributed by atoms with Crippen LogP contribution in [0.5, 0.6) is 0 Å². The fraction of sp³-hybridized carbons (Fsp3) is 0.368. The highest BCUT2D eigenvalue weighted by atomic mass is 14.9. The van der Waals surface area contributed by atoms with E-state index in [2.05, 4.69) is 81.5 Å². The molecule has 2 rings (SSSR count). The molecule has 1 nitrogen and oxygen atoms in total. The topological polar surface area (TPSA) is 12.0 Å². The van der Waals surface area contributed by atoms with Crippen LogP contribution in [-0.4, -0.2) is 6.04 Å². The van der Waals surface area contributed by atoms with Crippen LogP contribution in [0.15, 0.2) is 48.5 Å². The molecule has 0 bridgehead atoms. The minimum atomic E-state index is 0.384. The second-order valence-electron chi connectivity index (χ2n) is 5.84. The van der Waals surface area contributed by atoms with Gasteiger partial charge in [-0.05, 0) is 50.8 Å². The first kappa shape index (κ1) is 14.8. The van der Waals surface area contributed by atoms with Crippen molar-refractivity contribution in [1.82, 2.24) is 5.32 Å². The van der Waals surface area contributed by atoms with Crippen molar-refractivity contribution in [2.45, 2.75) is 46.2 Å². The molecule has 1 N–H and O–H groups in total. The lowest BCUT2D eigenvalue weighted by Crippen LogP contribution is -2.31. The summed E-state index contributed by atoms with van der Waals surface area (Å²) in [6.45, 7) is 8.85. The van der Waals surface area contributed by atoms with Gasteiger partial charge in [-0.3, -0.25) is 0 Å². The normalized spacial score (nSPS) is 14.0. The summed E-state index contributed by atoms with van der Waals surface area (Å²) in [5.74, 6) is 0. The van der Waals surface area contributed by atoms with Crippen molar-refractivity contribution < 1.29 is 0 Å². The molecule has 0 aliphatic carbocycles. The molecule has 0 spiro atoms. The van der Waals surface area contributed by atoms with Crippen LogP contribution in [0.2, 0.25) is 0 Å². The number of nitrogens with one attached hydrogen (secondary N) is 1. The molecule has 0 heterocycles. The van der Waals surface area contributed by atoms with Crippen LogP contribution >= 0.6 is 0 Å². The molecule has 0 fully saturated rings. The number of hydrogen-bond acceptors (Lipinski definition) is 1. The zero-order valence-corrected chi connectivity index (χ0v) is 13.0. The Balaban J connectivity index is 1.98. The maximum atomic E-state index is 3.70.